The van der Waals surface area contributed by atoms with Crippen LogP contribution in [0.3, 0.4) is 0 Å². The van der Waals surface area contributed by atoms with E-state index in [4.69, 9.17) is 10.1 Å². The largest absolute Gasteiger partial charge is 0.465 e. The highest BCUT2D eigenvalue weighted by molar-refractivity contribution is 7.92. The van der Waals surface area contributed by atoms with Crippen LogP contribution >= 0.6 is 11.3 Å². The van der Waals surface area contributed by atoms with Gasteiger partial charge < -0.3 is 15.7 Å². The van der Waals surface area contributed by atoms with Gasteiger partial charge in [0, 0.05) is 30.3 Å². The van der Waals surface area contributed by atoms with E-state index in [1.54, 1.807) is 38.2 Å². The second kappa shape index (κ2) is 10.7. The van der Waals surface area contributed by atoms with Gasteiger partial charge in [-0.25, -0.2) is 32.6 Å². The minimum atomic E-state index is -3.67. The molecule has 36 heavy (non-hydrogen) atoms. The van der Waals surface area contributed by atoms with E-state index < -0.39 is 21.9 Å². The van der Waals surface area contributed by atoms with Crippen LogP contribution in [0.5, 0.6) is 0 Å². The fourth-order valence-electron chi connectivity index (χ4n) is 3.56. The quantitative estimate of drug-likeness (QED) is 0.281. The van der Waals surface area contributed by atoms with Crippen LogP contribution in [-0.4, -0.2) is 52.9 Å². The Hall–Kier alpha value is -3.32. The third-order valence-corrected chi connectivity index (χ3v) is 8.10. The Morgan fingerprint density at radius 2 is 2.06 bits per heavy atom. The van der Waals surface area contributed by atoms with Gasteiger partial charge in [0.15, 0.2) is 5.82 Å². The third-order valence-electron chi connectivity index (χ3n) is 5.39. The van der Waals surface area contributed by atoms with Crippen molar-refractivity contribution in [1.29, 1.82) is 0 Å². The maximum absolute atomic E-state index is 15.6. The monoisotopic (exact) mass is 534 g/mol. The second-order valence-electron chi connectivity index (χ2n) is 8.59. The second-order valence-corrected chi connectivity index (χ2v) is 11.5. The Balaban J connectivity index is 1.68. The Kier molecular flexibility index (Phi) is 7.69. The van der Waals surface area contributed by atoms with Gasteiger partial charge in [0.05, 0.1) is 32.7 Å². The molecule has 2 heterocycles. The van der Waals surface area contributed by atoms with Crippen molar-refractivity contribution in [2.24, 2.45) is 0 Å². The average Bonchev–Trinajstić information content (AvgIpc) is 3.57. The van der Waals surface area contributed by atoms with Crippen LogP contribution in [0.4, 0.5) is 20.8 Å². The molecule has 192 valence electrons. The Morgan fingerprint density at radius 1 is 1.28 bits per heavy atom. The van der Waals surface area contributed by atoms with Gasteiger partial charge in [-0.2, -0.15) is 0 Å². The number of aromatic nitrogens is 3. The van der Waals surface area contributed by atoms with Gasteiger partial charge >= 0.3 is 6.09 Å². The van der Waals surface area contributed by atoms with Crippen LogP contribution in [0.2, 0.25) is 0 Å². The molecule has 1 aromatic carbocycles. The number of nitrogens with one attached hydrogen (secondary N) is 3. The molecule has 1 aliphatic carbocycles. The highest BCUT2D eigenvalue weighted by atomic mass is 32.2. The van der Waals surface area contributed by atoms with Crippen LogP contribution in [0.15, 0.2) is 30.5 Å². The zero-order valence-corrected chi connectivity index (χ0v) is 21.4. The number of carbonyl (C=O) groups is 1. The van der Waals surface area contributed by atoms with Crippen LogP contribution in [-0.2, 0) is 10.0 Å². The predicted molar refractivity (Wildman–Crippen MR) is 137 cm³/mol. The minimum Gasteiger partial charge on any atom is -0.465 e. The van der Waals surface area contributed by atoms with Crippen molar-refractivity contribution in [3.8, 4) is 21.8 Å². The summed E-state index contributed by atoms with van der Waals surface area (Å²) in [5, 5.41) is 15.1. The number of thiazole rings is 1. The first kappa shape index (κ1) is 25.8. The number of nitrogens with zero attached hydrogens (tertiary/aromatic N) is 3. The first-order chi connectivity index (χ1) is 17.2. The van der Waals surface area contributed by atoms with Crippen molar-refractivity contribution in [3.63, 3.8) is 0 Å². The van der Waals surface area contributed by atoms with Crippen LogP contribution in [0.25, 0.3) is 21.8 Å². The molecule has 0 aliphatic heterocycles. The predicted octanol–water partition coefficient (Wildman–Crippen LogP) is 4.50. The number of anilines is 2. The smallest absolute Gasteiger partial charge is 0.404 e. The Morgan fingerprint density at radius 3 is 2.75 bits per heavy atom. The molecule has 1 aliphatic rings. The Labute approximate surface area is 212 Å². The minimum absolute atomic E-state index is 0.109. The van der Waals surface area contributed by atoms with E-state index in [-0.39, 0.29) is 29.6 Å². The van der Waals surface area contributed by atoms with Gasteiger partial charge in [-0.3, -0.25) is 4.72 Å². The summed E-state index contributed by atoms with van der Waals surface area (Å²) in [5.74, 6) is -0.200. The van der Waals surface area contributed by atoms with Crippen molar-refractivity contribution in [2.45, 2.75) is 45.1 Å². The molecule has 1 fully saturated rings. The SMILES string of the molecule is CCCS(=O)(=O)Nc1cccc(-c2nc(C3CC3)sc2-c2ccnc(NC[C@H](C)NC(=O)O)n2)c1F. The zero-order valence-electron chi connectivity index (χ0n) is 19.8. The van der Waals surface area contributed by atoms with E-state index in [9.17, 15) is 13.2 Å². The number of benzene rings is 1. The average molecular weight is 535 g/mol. The molecule has 1 saturated carbocycles. The number of hydrogen-bond acceptors (Lipinski definition) is 8. The summed E-state index contributed by atoms with van der Waals surface area (Å²) < 4.78 is 42.4. The van der Waals surface area contributed by atoms with Crippen molar-refractivity contribution in [1.82, 2.24) is 20.3 Å². The number of sulfonamides is 1. The van der Waals surface area contributed by atoms with E-state index >= 15 is 4.39 Å². The summed E-state index contributed by atoms with van der Waals surface area (Å²) in [6.07, 6.45) is 2.87. The van der Waals surface area contributed by atoms with Crippen LogP contribution < -0.4 is 15.4 Å². The first-order valence-corrected chi connectivity index (χ1v) is 14.0. The van der Waals surface area contributed by atoms with Crippen molar-refractivity contribution < 1.29 is 22.7 Å². The number of rotatable bonds is 11. The van der Waals surface area contributed by atoms with Crippen molar-refractivity contribution in [3.05, 3.63) is 41.3 Å². The van der Waals surface area contributed by atoms with E-state index in [1.165, 1.54) is 17.4 Å². The van der Waals surface area contributed by atoms with E-state index in [1.807, 2.05) is 0 Å². The van der Waals surface area contributed by atoms with Gasteiger partial charge in [-0.1, -0.05) is 13.0 Å². The molecule has 1 atom stereocenters. The number of hydrogen-bond donors (Lipinski definition) is 4. The number of halogens is 1. The lowest BCUT2D eigenvalue weighted by Crippen LogP contribution is -2.36. The highest BCUT2D eigenvalue weighted by Gasteiger charge is 2.30. The van der Waals surface area contributed by atoms with Gasteiger partial charge in [-0.05, 0) is 44.4 Å². The molecule has 4 rings (SSSR count). The molecule has 4 N–H and O–H groups in total. The zero-order chi connectivity index (χ0) is 25.9. The lowest BCUT2D eigenvalue weighted by molar-refractivity contribution is 0.191. The molecule has 2 aromatic heterocycles. The first-order valence-electron chi connectivity index (χ1n) is 11.5. The topological polar surface area (TPSA) is 146 Å². The van der Waals surface area contributed by atoms with Gasteiger partial charge in [-0.15, -0.1) is 11.3 Å². The molecule has 3 aromatic rings. The van der Waals surface area contributed by atoms with Crippen LogP contribution in [0.1, 0.15) is 44.0 Å². The molecular weight excluding hydrogens is 507 g/mol. The van der Waals surface area contributed by atoms with E-state index in [0.717, 1.165) is 17.8 Å². The van der Waals surface area contributed by atoms with Gasteiger partial charge in [0.2, 0.25) is 16.0 Å². The number of carboxylic acid groups (broad SMARTS) is 1. The fourth-order valence-corrected chi connectivity index (χ4v) is 5.91. The molecule has 0 bridgehead atoms. The molecule has 1 amide bonds. The molecule has 0 radical (unpaired) electrons. The number of amides is 1. The van der Waals surface area contributed by atoms with Crippen molar-refractivity contribution >= 4 is 39.1 Å². The normalized spacial score (nSPS) is 14.3. The molecule has 0 unspecified atom stereocenters. The summed E-state index contributed by atoms with van der Waals surface area (Å²) in [7, 11) is -3.67. The van der Waals surface area contributed by atoms with Gasteiger partial charge in [0.1, 0.15) is 0 Å². The summed E-state index contributed by atoms with van der Waals surface area (Å²) in [4.78, 5) is 24.9. The Bertz CT molecular complexity index is 1360. The van der Waals surface area contributed by atoms with E-state index in [2.05, 4.69) is 25.3 Å². The maximum atomic E-state index is 15.6. The molecule has 0 saturated heterocycles. The summed E-state index contributed by atoms with van der Waals surface area (Å²) in [5.41, 5.74) is 0.971. The summed E-state index contributed by atoms with van der Waals surface area (Å²) in [6.45, 7) is 3.72. The fraction of sp³-hybridized carbons (Fsp3) is 0.391. The van der Waals surface area contributed by atoms with Crippen molar-refractivity contribution in [2.75, 3.05) is 22.3 Å². The lowest BCUT2D eigenvalue weighted by atomic mass is 10.1. The summed E-state index contributed by atoms with van der Waals surface area (Å²) >= 11 is 1.43. The third kappa shape index (κ3) is 6.26. The van der Waals surface area contributed by atoms with Crippen LogP contribution in [0, 0.1) is 5.82 Å². The lowest BCUT2D eigenvalue weighted by Gasteiger charge is -2.13. The maximum Gasteiger partial charge on any atom is 0.404 e. The highest BCUT2D eigenvalue weighted by Crippen LogP contribution is 2.47. The van der Waals surface area contributed by atoms with Gasteiger partial charge in [0.25, 0.3) is 0 Å². The standard InChI is InChI=1S/C23H27FN6O4S2/c1-3-11-36(33,34)30-16-6-4-5-15(18(16)24)19-20(35-21(29-19)14-7-8-14)17-9-10-25-22(28-17)26-12-13(2)27-23(31)32/h4-6,9-10,13-14,27,30H,3,7-8,11-12H2,1-2H3,(H,31,32)(H,25,26,28)/t13-/m0/s1. The molecule has 0 spiro atoms. The molecule has 10 nitrogen and oxygen atoms in total. The summed E-state index contributed by atoms with van der Waals surface area (Å²) in [6, 6.07) is 5.87. The van der Waals surface area contributed by atoms with E-state index in [0.29, 0.717) is 34.6 Å². The molecule has 13 heteroatoms. The molecular formula is C23H27FN6O4S2.